The number of amides is 1. The molecule has 0 radical (unpaired) electrons. The predicted octanol–water partition coefficient (Wildman–Crippen LogP) is 0.401. The average Bonchev–Trinajstić information content (AvgIpc) is 2.14. The molecule has 1 heterocycles. The Morgan fingerprint density at radius 2 is 2.20 bits per heavy atom. The molecule has 0 aromatic carbocycles. The van der Waals surface area contributed by atoms with Crippen molar-refractivity contribution in [1.29, 1.82) is 0 Å². The van der Waals surface area contributed by atoms with Crippen molar-refractivity contribution in [3.05, 3.63) is 11.1 Å². The van der Waals surface area contributed by atoms with E-state index >= 15 is 0 Å². The van der Waals surface area contributed by atoms with Crippen molar-refractivity contribution < 1.29 is 9.53 Å². The Kier molecular flexibility index (Phi) is 4.78. The number of carbonyl (C=O) groups is 1. The van der Waals surface area contributed by atoms with E-state index in [-0.39, 0.29) is 5.91 Å². The second-order valence-corrected chi connectivity index (χ2v) is 3.91. The molecule has 4 nitrogen and oxygen atoms in total. The highest BCUT2D eigenvalue weighted by atomic mass is 16.5. The van der Waals surface area contributed by atoms with Crippen LogP contribution in [-0.2, 0) is 9.53 Å². The van der Waals surface area contributed by atoms with Crippen molar-refractivity contribution in [1.82, 2.24) is 10.2 Å². The van der Waals surface area contributed by atoms with Gasteiger partial charge in [0.2, 0.25) is 5.91 Å². The van der Waals surface area contributed by atoms with Gasteiger partial charge in [-0.2, -0.15) is 0 Å². The maximum Gasteiger partial charge on any atom is 0.249 e. The first-order valence-corrected chi connectivity index (χ1v) is 5.30. The molecule has 1 N–H and O–H groups in total. The monoisotopic (exact) mass is 212 g/mol. The number of nitrogens with one attached hydrogen (secondary N) is 1. The first-order chi connectivity index (χ1) is 7.16. The first-order valence-electron chi connectivity index (χ1n) is 5.30. The van der Waals surface area contributed by atoms with Crippen LogP contribution >= 0.6 is 0 Å². The summed E-state index contributed by atoms with van der Waals surface area (Å²) in [5.41, 5.74) is 2.13. The van der Waals surface area contributed by atoms with Gasteiger partial charge in [-0.1, -0.05) is 0 Å². The Bertz CT molecular complexity index is 255. The van der Waals surface area contributed by atoms with E-state index in [1.54, 1.807) is 12.0 Å². The number of carbonyl (C=O) groups excluding carboxylic acids is 1. The molecular weight excluding hydrogens is 192 g/mol. The van der Waals surface area contributed by atoms with Crippen LogP contribution in [0.4, 0.5) is 0 Å². The summed E-state index contributed by atoms with van der Waals surface area (Å²) in [5.74, 6) is 0.141. The second kappa shape index (κ2) is 5.88. The third-order valence-corrected chi connectivity index (χ3v) is 2.72. The number of likely N-dealkylation sites (N-methyl/N-ethyl adjacent to an activating group) is 1. The average molecular weight is 212 g/mol. The minimum Gasteiger partial charge on any atom is -0.385 e. The third-order valence-electron chi connectivity index (χ3n) is 2.72. The highest BCUT2D eigenvalue weighted by Crippen LogP contribution is 2.11. The lowest BCUT2D eigenvalue weighted by Gasteiger charge is -2.24. The Labute approximate surface area is 91.3 Å². The number of methoxy groups -OCH3 is 1. The van der Waals surface area contributed by atoms with Gasteiger partial charge in [0.15, 0.2) is 0 Å². The van der Waals surface area contributed by atoms with Gasteiger partial charge in [-0.05, 0) is 18.9 Å². The fourth-order valence-corrected chi connectivity index (χ4v) is 1.50. The number of nitrogens with zero attached hydrogens (tertiary/aromatic N) is 1. The van der Waals surface area contributed by atoms with Gasteiger partial charge >= 0.3 is 0 Å². The summed E-state index contributed by atoms with van der Waals surface area (Å²) in [6, 6.07) is 0. The molecule has 0 bridgehead atoms. The van der Waals surface area contributed by atoms with Gasteiger partial charge in [-0.25, -0.2) is 0 Å². The van der Waals surface area contributed by atoms with E-state index in [1.807, 2.05) is 14.0 Å². The molecule has 0 spiro atoms. The van der Waals surface area contributed by atoms with Crippen LogP contribution in [-0.4, -0.2) is 51.2 Å². The lowest BCUT2D eigenvalue weighted by Crippen LogP contribution is -2.38. The summed E-state index contributed by atoms with van der Waals surface area (Å²) in [5, 5.41) is 3.14. The molecule has 15 heavy (non-hydrogen) atoms. The van der Waals surface area contributed by atoms with Crippen molar-refractivity contribution >= 4 is 5.91 Å². The SMILES string of the molecule is COCCCN(C)C(=O)C(C)=C1CNC1. The van der Waals surface area contributed by atoms with Gasteiger partial charge in [0, 0.05) is 46.0 Å². The predicted molar refractivity (Wildman–Crippen MR) is 59.7 cm³/mol. The summed E-state index contributed by atoms with van der Waals surface area (Å²) < 4.78 is 4.95. The van der Waals surface area contributed by atoms with Gasteiger partial charge in [-0.15, -0.1) is 0 Å². The third kappa shape index (κ3) is 3.32. The molecule has 0 aromatic heterocycles. The fourth-order valence-electron chi connectivity index (χ4n) is 1.50. The van der Waals surface area contributed by atoms with Crippen LogP contribution in [0, 0.1) is 0 Å². The zero-order valence-corrected chi connectivity index (χ0v) is 9.80. The largest absolute Gasteiger partial charge is 0.385 e. The van der Waals surface area contributed by atoms with Gasteiger partial charge in [0.1, 0.15) is 0 Å². The second-order valence-electron chi connectivity index (χ2n) is 3.91. The van der Waals surface area contributed by atoms with Crippen LogP contribution in [0.5, 0.6) is 0 Å². The molecule has 0 aromatic rings. The molecule has 1 rings (SSSR count). The van der Waals surface area contributed by atoms with E-state index in [9.17, 15) is 4.79 Å². The van der Waals surface area contributed by atoms with Crippen LogP contribution in [0.1, 0.15) is 13.3 Å². The van der Waals surface area contributed by atoms with Crippen LogP contribution in [0.3, 0.4) is 0 Å². The minimum atomic E-state index is 0.141. The zero-order valence-electron chi connectivity index (χ0n) is 9.80. The van der Waals surface area contributed by atoms with Crippen molar-refractivity contribution in [3.63, 3.8) is 0 Å². The highest BCUT2D eigenvalue weighted by Gasteiger charge is 2.18. The normalized spacial score (nSPS) is 14.7. The van der Waals surface area contributed by atoms with Crippen molar-refractivity contribution in [2.45, 2.75) is 13.3 Å². The smallest absolute Gasteiger partial charge is 0.249 e. The summed E-state index contributed by atoms with van der Waals surface area (Å²) >= 11 is 0. The molecule has 1 saturated heterocycles. The van der Waals surface area contributed by atoms with E-state index in [2.05, 4.69) is 5.32 Å². The molecule has 0 saturated carbocycles. The van der Waals surface area contributed by atoms with E-state index in [0.29, 0.717) is 6.61 Å². The minimum absolute atomic E-state index is 0.141. The lowest BCUT2D eigenvalue weighted by molar-refractivity contribution is -0.126. The molecule has 0 atom stereocenters. The molecule has 0 aliphatic carbocycles. The molecule has 1 fully saturated rings. The number of rotatable bonds is 5. The number of hydrogen-bond acceptors (Lipinski definition) is 3. The summed E-state index contributed by atoms with van der Waals surface area (Å²) in [6.07, 6.45) is 0.888. The number of hydrogen-bond donors (Lipinski definition) is 1. The Morgan fingerprint density at radius 1 is 1.53 bits per heavy atom. The summed E-state index contributed by atoms with van der Waals surface area (Å²) in [6.45, 7) is 5.10. The molecule has 4 heteroatoms. The van der Waals surface area contributed by atoms with Crippen LogP contribution in [0.15, 0.2) is 11.1 Å². The molecule has 1 aliphatic heterocycles. The number of ether oxygens (including phenoxy) is 1. The highest BCUT2D eigenvalue weighted by molar-refractivity contribution is 5.93. The van der Waals surface area contributed by atoms with E-state index in [4.69, 9.17) is 4.74 Å². The molecular formula is C11H20N2O2. The van der Waals surface area contributed by atoms with E-state index in [0.717, 1.165) is 31.6 Å². The van der Waals surface area contributed by atoms with Crippen LogP contribution in [0.25, 0.3) is 0 Å². The summed E-state index contributed by atoms with van der Waals surface area (Å²) in [7, 11) is 3.52. The molecule has 0 unspecified atom stereocenters. The van der Waals surface area contributed by atoms with Crippen LogP contribution < -0.4 is 5.32 Å². The quantitative estimate of drug-likeness (QED) is 0.530. The van der Waals surface area contributed by atoms with Gasteiger partial charge in [0.05, 0.1) is 0 Å². The standard InChI is InChI=1S/C11H20N2O2/c1-9(10-7-12-8-10)11(14)13(2)5-4-6-15-3/h12H,4-8H2,1-3H3. The summed E-state index contributed by atoms with van der Waals surface area (Å²) in [4.78, 5) is 13.6. The molecule has 86 valence electrons. The van der Waals surface area contributed by atoms with Crippen molar-refractivity contribution in [2.24, 2.45) is 0 Å². The van der Waals surface area contributed by atoms with E-state index in [1.165, 1.54) is 5.57 Å². The maximum absolute atomic E-state index is 11.9. The van der Waals surface area contributed by atoms with Gasteiger partial charge < -0.3 is 15.0 Å². The van der Waals surface area contributed by atoms with E-state index < -0.39 is 0 Å². The van der Waals surface area contributed by atoms with Crippen molar-refractivity contribution in [3.8, 4) is 0 Å². The molecule has 1 aliphatic rings. The van der Waals surface area contributed by atoms with Crippen LogP contribution in [0.2, 0.25) is 0 Å². The van der Waals surface area contributed by atoms with Crippen molar-refractivity contribution in [2.75, 3.05) is 40.4 Å². The van der Waals surface area contributed by atoms with Gasteiger partial charge in [0.25, 0.3) is 0 Å². The van der Waals surface area contributed by atoms with Gasteiger partial charge in [-0.3, -0.25) is 4.79 Å². The Balaban J connectivity index is 2.38. The topological polar surface area (TPSA) is 41.6 Å². The Morgan fingerprint density at radius 3 is 2.67 bits per heavy atom. The Hall–Kier alpha value is -0.870. The zero-order chi connectivity index (χ0) is 11.3. The fraction of sp³-hybridized carbons (Fsp3) is 0.727. The lowest BCUT2D eigenvalue weighted by atomic mass is 10.0. The molecule has 1 amide bonds. The first kappa shape index (κ1) is 12.2. The maximum atomic E-state index is 11.9.